The van der Waals surface area contributed by atoms with Crippen LogP contribution in [0.25, 0.3) is 0 Å². The summed E-state index contributed by atoms with van der Waals surface area (Å²) in [6.45, 7) is 6.80. The van der Waals surface area contributed by atoms with Gasteiger partial charge in [0.25, 0.3) is 0 Å². The highest BCUT2D eigenvalue weighted by Gasteiger charge is 2.05. The van der Waals surface area contributed by atoms with Crippen LogP contribution in [0.5, 0.6) is 5.75 Å². The monoisotopic (exact) mass is 294 g/mol. The van der Waals surface area contributed by atoms with Crippen molar-refractivity contribution in [1.82, 2.24) is 5.32 Å². The number of anilines is 1. The van der Waals surface area contributed by atoms with Crippen LogP contribution in [0.3, 0.4) is 0 Å². The van der Waals surface area contributed by atoms with Gasteiger partial charge in [-0.2, -0.15) is 0 Å². The van der Waals surface area contributed by atoms with E-state index in [1.54, 1.807) is 7.11 Å². The molecule has 0 aliphatic rings. The maximum atomic E-state index is 11.8. The molecule has 0 aliphatic carbocycles. The first-order chi connectivity index (χ1) is 10.1. The molecule has 0 saturated heterocycles. The molecule has 0 bridgehead atoms. The van der Waals surface area contributed by atoms with Crippen LogP contribution >= 0.6 is 0 Å². The zero-order valence-corrected chi connectivity index (χ0v) is 13.1. The molecule has 0 unspecified atom stereocenters. The van der Waals surface area contributed by atoms with E-state index in [0.29, 0.717) is 17.4 Å². The zero-order chi connectivity index (χ0) is 15.5. The smallest absolute Gasteiger partial charge is 0.238 e. The first-order valence-corrected chi connectivity index (χ1v) is 7.34. The predicted molar refractivity (Wildman–Crippen MR) is 84.8 cm³/mol. The largest absolute Gasteiger partial charge is 0.495 e. The van der Waals surface area contributed by atoms with Crippen LogP contribution in [0.2, 0.25) is 0 Å². The highest BCUT2D eigenvalue weighted by Crippen LogP contribution is 2.22. The van der Waals surface area contributed by atoms with Crippen LogP contribution in [-0.2, 0) is 9.53 Å². The van der Waals surface area contributed by atoms with Crippen molar-refractivity contribution in [2.24, 2.45) is 5.92 Å². The number of amides is 1. The molecule has 118 valence electrons. The maximum Gasteiger partial charge on any atom is 0.238 e. The summed E-state index contributed by atoms with van der Waals surface area (Å²) in [5.74, 6) is 1.14. The molecular weight excluding hydrogens is 268 g/mol. The van der Waals surface area contributed by atoms with Gasteiger partial charge in [0.15, 0.2) is 0 Å². The van der Waals surface area contributed by atoms with Crippen LogP contribution in [-0.4, -0.2) is 39.3 Å². The molecule has 0 fully saturated rings. The minimum Gasteiger partial charge on any atom is -0.495 e. The first kappa shape index (κ1) is 17.5. The van der Waals surface area contributed by atoms with Crippen LogP contribution in [0, 0.1) is 5.92 Å². The number of hydrogen-bond acceptors (Lipinski definition) is 4. The predicted octanol–water partition coefficient (Wildman–Crippen LogP) is 2.29. The van der Waals surface area contributed by atoms with Gasteiger partial charge in [-0.25, -0.2) is 0 Å². The fraction of sp³-hybridized carbons (Fsp3) is 0.562. The summed E-state index contributed by atoms with van der Waals surface area (Å²) in [5, 5.41) is 5.92. The topological polar surface area (TPSA) is 59.6 Å². The van der Waals surface area contributed by atoms with Gasteiger partial charge >= 0.3 is 0 Å². The van der Waals surface area contributed by atoms with Gasteiger partial charge in [0.1, 0.15) is 5.75 Å². The van der Waals surface area contributed by atoms with Crippen molar-refractivity contribution < 1.29 is 14.3 Å². The summed E-state index contributed by atoms with van der Waals surface area (Å²) in [4.78, 5) is 11.8. The molecule has 5 nitrogen and oxygen atoms in total. The molecule has 0 atom stereocenters. The summed E-state index contributed by atoms with van der Waals surface area (Å²) in [5.41, 5.74) is 0.687. The van der Waals surface area contributed by atoms with E-state index in [1.165, 1.54) is 0 Å². The Kier molecular flexibility index (Phi) is 8.47. The van der Waals surface area contributed by atoms with Gasteiger partial charge in [-0.3, -0.25) is 4.79 Å². The molecule has 21 heavy (non-hydrogen) atoms. The molecule has 2 N–H and O–H groups in total. The Bertz CT molecular complexity index is 422. The number of rotatable bonds is 10. The molecule has 0 aromatic heterocycles. The lowest BCUT2D eigenvalue weighted by Crippen LogP contribution is -2.29. The number of methoxy groups -OCH3 is 1. The molecule has 1 rings (SSSR count). The summed E-state index contributed by atoms with van der Waals surface area (Å²) < 4.78 is 10.7. The Hall–Kier alpha value is -1.59. The lowest BCUT2D eigenvalue weighted by atomic mass is 10.2. The van der Waals surface area contributed by atoms with E-state index in [1.807, 2.05) is 24.3 Å². The van der Waals surface area contributed by atoms with E-state index < -0.39 is 0 Å². The average Bonchev–Trinajstić information content (AvgIpc) is 2.46. The highest BCUT2D eigenvalue weighted by molar-refractivity contribution is 5.93. The van der Waals surface area contributed by atoms with Crippen LogP contribution < -0.4 is 15.4 Å². The third-order valence-corrected chi connectivity index (χ3v) is 2.76. The number of carbonyl (C=O) groups is 1. The number of benzene rings is 1. The Morgan fingerprint density at radius 3 is 2.76 bits per heavy atom. The summed E-state index contributed by atoms with van der Waals surface area (Å²) in [6.07, 6.45) is 0.897. The molecule has 5 heteroatoms. The quantitative estimate of drug-likeness (QED) is 0.650. The minimum absolute atomic E-state index is 0.0809. The summed E-state index contributed by atoms with van der Waals surface area (Å²) in [6, 6.07) is 7.35. The van der Waals surface area contributed by atoms with Crippen molar-refractivity contribution in [3.63, 3.8) is 0 Å². The van der Waals surface area contributed by atoms with Crippen molar-refractivity contribution in [2.45, 2.75) is 20.3 Å². The van der Waals surface area contributed by atoms with Crippen LogP contribution in [0.15, 0.2) is 24.3 Å². The Morgan fingerprint density at radius 1 is 1.29 bits per heavy atom. The van der Waals surface area contributed by atoms with E-state index in [-0.39, 0.29) is 12.5 Å². The van der Waals surface area contributed by atoms with Crippen molar-refractivity contribution in [3.8, 4) is 5.75 Å². The van der Waals surface area contributed by atoms with Crippen LogP contribution in [0.4, 0.5) is 5.69 Å². The van der Waals surface area contributed by atoms with Crippen molar-refractivity contribution in [1.29, 1.82) is 0 Å². The van der Waals surface area contributed by atoms with Gasteiger partial charge in [0, 0.05) is 13.2 Å². The van der Waals surface area contributed by atoms with Crippen molar-refractivity contribution in [3.05, 3.63) is 24.3 Å². The minimum atomic E-state index is -0.0809. The summed E-state index contributed by atoms with van der Waals surface area (Å²) in [7, 11) is 1.58. The van der Waals surface area contributed by atoms with E-state index in [0.717, 1.165) is 26.2 Å². The second-order valence-corrected chi connectivity index (χ2v) is 5.25. The fourth-order valence-corrected chi connectivity index (χ4v) is 1.76. The SMILES string of the molecule is COc1ccccc1NC(=O)CNCCCOCC(C)C. The van der Waals surface area contributed by atoms with Gasteiger partial charge in [0.05, 0.1) is 19.3 Å². The zero-order valence-electron chi connectivity index (χ0n) is 13.1. The van der Waals surface area contributed by atoms with Crippen molar-refractivity contribution >= 4 is 11.6 Å². The number of para-hydroxylation sites is 2. The van der Waals surface area contributed by atoms with Gasteiger partial charge in [0.2, 0.25) is 5.91 Å². The van der Waals surface area contributed by atoms with Gasteiger partial charge < -0.3 is 20.1 Å². The van der Waals surface area contributed by atoms with E-state index >= 15 is 0 Å². The summed E-state index contributed by atoms with van der Waals surface area (Å²) >= 11 is 0. The Morgan fingerprint density at radius 2 is 2.05 bits per heavy atom. The molecule has 0 radical (unpaired) electrons. The van der Waals surface area contributed by atoms with Gasteiger partial charge in [-0.15, -0.1) is 0 Å². The Balaban J connectivity index is 2.14. The number of ether oxygens (including phenoxy) is 2. The number of carbonyl (C=O) groups excluding carboxylic acids is 1. The molecule has 0 heterocycles. The lowest BCUT2D eigenvalue weighted by Gasteiger charge is -2.10. The lowest BCUT2D eigenvalue weighted by molar-refractivity contribution is -0.115. The third kappa shape index (κ3) is 7.68. The standard InChI is InChI=1S/C16H26N2O3/c1-13(2)12-21-10-6-9-17-11-16(19)18-14-7-4-5-8-15(14)20-3/h4-5,7-8,13,17H,6,9-12H2,1-3H3,(H,18,19). The number of nitrogens with one attached hydrogen (secondary N) is 2. The first-order valence-electron chi connectivity index (χ1n) is 7.34. The van der Waals surface area contributed by atoms with E-state index in [4.69, 9.17) is 9.47 Å². The molecular formula is C16H26N2O3. The maximum absolute atomic E-state index is 11.8. The molecule has 1 aromatic rings. The van der Waals surface area contributed by atoms with Gasteiger partial charge in [-0.1, -0.05) is 26.0 Å². The average molecular weight is 294 g/mol. The van der Waals surface area contributed by atoms with Gasteiger partial charge in [-0.05, 0) is 31.0 Å². The number of hydrogen-bond donors (Lipinski definition) is 2. The molecule has 1 amide bonds. The fourth-order valence-electron chi connectivity index (χ4n) is 1.76. The second-order valence-electron chi connectivity index (χ2n) is 5.25. The van der Waals surface area contributed by atoms with E-state index in [9.17, 15) is 4.79 Å². The Labute approximate surface area is 127 Å². The van der Waals surface area contributed by atoms with Crippen molar-refractivity contribution in [2.75, 3.05) is 38.7 Å². The molecule has 0 saturated carbocycles. The molecule has 0 aliphatic heterocycles. The molecule has 0 spiro atoms. The normalized spacial score (nSPS) is 10.7. The second kappa shape index (κ2) is 10.2. The molecule has 1 aromatic carbocycles. The van der Waals surface area contributed by atoms with E-state index in [2.05, 4.69) is 24.5 Å². The highest BCUT2D eigenvalue weighted by atomic mass is 16.5. The third-order valence-electron chi connectivity index (χ3n) is 2.76. The van der Waals surface area contributed by atoms with Crippen LogP contribution in [0.1, 0.15) is 20.3 Å².